The minimum absolute atomic E-state index is 0.0494. The monoisotopic (exact) mass is 348 g/mol. The van der Waals surface area contributed by atoms with Crippen LogP contribution in [-0.2, 0) is 6.54 Å². The molecule has 2 N–H and O–H groups in total. The number of alkyl halides is 2. The highest BCUT2D eigenvalue weighted by Gasteiger charge is 2.14. The van der Waals surface area contributed by atoms with Crippen molar-refractivity contribution in [3.63, 3.8) is 0 Å². The number of aromatic amines is 1. The summed E-state index contributed by atoms with van der Waals surface area (Å²) in [6.07, 6.45) is -1.17. The molecule has 3 aromatic rings. The molecule has 1 heterocycles. The summed E-state index contributed by atoms with van der Waals surface area (Å²) in [6, 6.07) is 11.9. The van der Waals surface area contributed by atoms with Gasteiger partial charge in [-0.2, -0.15) is 8.78 Å². The van der Waals surface area contributed by atoms with Crippen molar-refractivity contribution in [2.45, 2.75) is 19.3 Å². The third kappa shape index (κ3) is 3.58. The van der Waals surface area contributed by atoms with Crippen LogP contribution >= 0.6 is 0 Å². The van der Waals surface area contributed by atoms with Crippen molar-refractivity contribution >= 4 is 10.9 Å². The van der Waals surface area contributed by atoms with E-state index in [0.29, 0.717) is 16.5 Å². The summed E-state index contributed by atoms with van der Waals surface area (Å²) in [5.74, 6) is -0.0494. The standard InChI is InChI=1S/C17H14F2N2O4/c18-16(19)25-11-7-5-10(6-8-11)14(22)9-21-15(23)12-3-1-2-4-13(12)20-17(21)24/h1-8,14,16,22H,9H2,(H,20,24). The van der Waals surface area contributed by atoms with E-state index < -0.39 is 24.0 Å². The molecular weight excluding hydrogens is 334 g/mol. The highest BCUT2D eigenvalue weighted by molar-refractivity contribution is 5.76. The van der Waals surface area contributed by atoms with Gasteiger partial charge in [0.25, 0.3) is 5.56 Å². The first-order chi connectivity index (χ1) is 12.0. The number of para-hydroxylation sites is 1. The first-order valence-corrected chi connectivity index (χ1v) is 7.40. The number of rotatable bonds is 5. The Balaban J connectivity index is 1.88. The number of aliphatic hydroxyl groups is 1. The third-order valence-corrected chi connectivity index (χ3v) is 3.73. The lowest BCUT2D eigenvalue weighted by atomic mass is 10.1. The van der Waals surface area contributed by atoms with Crippen molar-refractivity contribution in [1.29, 1.82) is 0 Å². The van der Waals surface area contributed by atoms with Gasteiger partial charge in [0.05, 0.1) is 23.6 Å². The molecule has 3 rings (SSSR count). The maximum Gasteiger partial charge on any atom is 0.387 e. The van der Waals surface area contributed by atoms with Gasteiger partial charge in [0, 0.05) is 0 Å². The summed E-state index contributed by atoms with van der Waals surface area (Å²) in [7, 11) is 0. The van der Waals surface area contributed by atoms with Crippen LogP contribution in [0.25, 0.3) is 10.9 Å². The summed E-state index contributed by atoms with van der Waals surface area (Å²) >= 11 is 0. The van der Waals surface area contributed by atoms with Crippen molar-refractivity contribution < 1.29 is 18.6 Å². The Morgan fingerprint density at radius 2 is 1.76 bits per heavy atom. The van der Waals surface area contributed by atoms with Gasteiger partial charge in [0.1, 0.15) is 5.75 Å². The van der Waals surface area contributed by atoms with E-state index in [1.165, 1.54) is 24.3 Å². The number of nitrogens with one attached hydrogen (secondary N) is 1. The Bertz CT molecular complexity index is 996. The number of fused-ring (bicyclic) bond motifs is 1. The Kier molecular flexibility index (Phi) is 4.62. The fraction of sp³-hybridized carbons (Fsp3) is 0.176. The lowest BCUT2D eigenvalue weighted by Gasteiger charge is -2.13. The molecular formula is C17H14F2N2O4. The van der Waals surface area contributed by atoms with Crippen LogP contribution in [0.15, 0.2) is 58.1 Å². The normalized spacial score (nSPS) is 12.5. The van der Waals surface area contributed by atoms with Crippen molar-refractivity contribution in [3.8, 4) is 5.75 Å². The molecule has 1 aromatic heterocycles. The molecule has 8 heteroatoms. The molecule has 0 amide bonds. The Morgan fingerprint density at radius 1 is 1.08 bits per heavy atom. The first-order valence-electron chi connectivity index (χ1n) is 7.40. The molecule has 6 nitrogen and oxygen atoms in total. The predicted octanol–water partition coefficient (Wildman–Crippen LogP) is 2.02. The number of nitrogens with zero attached hydrogens (tertiary/aromatic N) is 1. The van der Waals surface area contributed by atoms with Gasteiger partial charge < -0.3 is 14.8 Å². The van der Waals surface area contributed by atoms with E-state index in [0.717, 1.165) is 4.57 Å². The number of aromatic nitrogens is 2. The number of halogens is 2. The lowest BCUT2D eigenvalue weighted by molar-refractivity contribution is -0.0498. The van der Waals surface area contributed by atoms with Crippen LogP contribution in [-0.4, -0.2) is 21.3 Å². The number of H-pyrrole nitrogens is 1. The number of hydrogen-bond acceptors (Lipinski definition) is 4. The molecule has 1 atom stereocenters. The quantitative estimate of drug-likeness (QED) is 0.739. The largest absolute Gasteiger partial charge is 0.435 e. The van der Waals surface area contributed by atoms with Crippen LogP contribution in [0.5, 0.6) is 5.75 Å². The van der Waals surface area contributed by atoms with Crippen LogP contribution in [0.2, 0.25) is 0 Å². The van der Waals surface area contributed by atoms with E-state index in [-0.39, 0.29) is 12.3 Å². The average molecular weight is 348 g/mol. The predicted molar refractivity (Wildman–Crippen MR) is 86.9 cm³/mol. The summed E-state index contributed by atoms with van der Waals surface area (Å²) in [6.45, 7) is -3.21. The number of ether oxygens (including phenoxy) is 1. The molecule has 0 saturated carbocycles. The van der Waals surface area contributed by atoms with Crippen LogP contribution in [0.1, 0.15) is 11.7 Å². The molecule has 0 aliphatic rings. The lowest BCUT2D eigenvalue weighted by Crippen LogP contribution is -2.36. The van der Waals surface area contributed by atoms with Crippen LogP contribution in [0.4, 0.5) is 8.78 Å². The van der Waals surface area contributed by atoms with E-state index in [4.69, 9.17) is 0 Å². The van der Waals surface area contributed by atoms with Gasteiger partial charge in [0.15, 0.2) is 0 Å². The SMILES string of the molecule is O=c1[nH]c2ccccc2c(=O)n1CC(O)c1ccc(OC(F)F)cc1. The molecule has 0 aliphatic heterocycles. The van der Waals surface area contributed by atoms with Crippen molar-refractivity contribution in [2.24, 2.45) is 0 Å². The van der Waals surface area contributed by atoms with Gasteiger partial charge in [-0.3, -0.25) is 9.36 Å². The third-order valence-electron chi connectivity index (χ3n) is 3.73. The zero-order valence-electron chi connectivity index (χ0n) is 12.9. The van der Waals surface area contributed by atoms with E-state index >= 15 is 0 Å². The maximum atomic E-state index is 12.4. The number of hydrogen-bond donors (Lipinski definition) is 2. The van der Waals surface area contributed by atoms with Gasteiger partial charge in [-0.1, -0.05) is 24.3 Å². The summed E-state index contributed by atoms with van der Waals surface area (Å²) in [4.78, 5) is 27.1. The second-order valence-electron chi connectivity index (χ2n) is 5.35. The zero-order chi connectivity index (χ0) is 18.0. The fourth-order valence-corrected chi connectivity index (χ4v) is 2.51. The highest BCUT2D eigenvalue weighted by atomic mass is 19.3. The second kappa shape index (κ2) is 6.86. The maximum absolute atomic E-state index is 12.4. The Hall–Kier alpha value is -3.00. The van der Waals surface area contributed by atoms with E-state index in [1.807, 2.05) is 0 Å². The molecule has 0 bridgehead atoms. The molecule has 0 spiro atoms. The highest BCUT2D eigenvalue weighted by Crippen LogP contribution is 2.20. The Labute approximate surface area is 139 Å². The van der Waals surface area contributed by atoms with Crippen molar-refractivity contribution in [3.05, 3.63) is 74.9 Å². The fourth-order valence-electron chi connectivity index (χ4n) is 2.51. The summed E-state index contributed by atoms with van der Waals surface area (Å²) in [5, 5.41) is 10.6. The number of benzene rings is 2. The average Bonchev–Trinajstić information content (AvgIpc) is 2.58. The number of aliphatic hydroxyl groups excluding tert-OH is 1. The van der Waals surface area contributed by atoms with Crippen LogP contribution < -0.4 is 16.0 Å². The second-order valence-corrected chi connectivity index (χ2v) is 5.35. The minimum Gasteiger partial charge on any atom is -0.435 e. The summed E-state index contributed by atoms with van der Waals surface area (Å²) < 4.78 is 29.4. The van der Waals surface area contributed by atoms with Crippen LogP contribution in [0, 0.1) is 0 Å². The molecule has 130 valence electrons. The Morgan fingerprint density at radius 3 is 2.44 bits per heavy atom. The smallest absolute Gasteiger partial charge is 0.387 e. The van der Waals surface area contributed by atoms with Crippen LogP contribution in [0.3, 0.4) is 0 Å². The molecule has 0 radical (unpaired) electrons. The molecule has 0 aliphatic carbocycles. The van der Waals surface area contributed by atoms with Gasteiger partial charge >= 0.3 is 12.3 Å². The van der Waals surface area contributed by atoms with Crippen molar-refractivity contribution in [1.82, 2.24) is 9.55 Å². The van der Waals surface area contributed by atoms with E-state index in [9.17, 15) is 23.5 Å². The van der Waals surface area contributed by atoms with E-state index in [1.54, 1.807) is 24.3 Å². The molecule has 1 unspecified atom stereocenters. The first kappa shape index (κ1) is 16.8. The van der Waals surface area contributed by atoms with Gasteiger partial charge in [0.2, 0.25) is 0 Å². The van der Waals surface area contributed by atoms with E-state index in [2.05, 4.69) is 9.72 Å². The topological polar surface area (TPSA) is 84.3 Å². The molecule has 0 fully saturated rings. The van der Waals surface area contributed by atoms with Gasteiger partial charge in [-0.05, 0) is 29.8 Å². The van der Waals surface area contributed by atoms with Gasteiger partial charge in [-0.25, -0.2) is 4.79 Å². The zero-order valence-corrected chi connectivity index (χ0v) is 12.9. The minimum atomic E-state index is -2.94. The van der Waals surface area contributed by atoms with Crippen molar-refractivity contribution in [2.75, 3.05) is 0 Å². The molecule has 25 heavy (non-hydrogen) atoms. The molecule has 2 aromatic carbocycles. The van der Waals surface area contributed by atoms with Gasteiger partial charge in [-0.15, -0.1) is 0 Å². The molecule has 0 saturated heterocycles. The summed E-state index contributed by atoms with van der Waals surface area (Å²) in [5.41, 5.74) is -0.380.